The molecule has 0 atom stereocenters. The molecular weight excluding hydrogens is 562 g/mol. The second-order valence-electron chi connectivity index (χ2n) is 8.94. The minimum absolute atomic E-state index is 0.0480. The number of hydrogen-bond acceptors (Lipinski definition) is 6. The molecule has 0 aromatic heterocycles. The Morgan fingerprint density at radius 3 is 2.23 bits per heavy atom. The molecule has 0 radical (unpaired) electrons. The maximum absolute atomic E-state index is 13.3. The van der Waals surface area contributed by atoms with Crippen LogP contribution in [-0.4, -0.2) is 59.8 Å². The molecule has 1 aliphatic heterocycles. The molecule has 0 spiro atoms. The fraction of sp³-hybridized carbons (Fsp3) is 0.296. The first-order valence-electron chi connectivity index (χ1n) is 12.5. The first-order valence-corrected chi connectivity index (χ1v) is 15.8. The second-order valence-corrected chi connectivity index (χ2v) is 13.2. The zero-order chi connectivity index (χ0) is 27.9. The van der Waals surface area contributed by atoms with Crippen molar-refractivity contribution < 1.29 is 26.4 Å². The number of benzene rings is 3. The summed E-state index contributed by atoms with van der Waals surface area (Å²) in [6.45, 7) is 0.817. The number of anilines is 1. The summed E-state index contributed by atoms with van der Waals surface area (Å²) in [6, 6.07) is 20.3. The highest BCUT2D eigenvalue weighted by Gasteiger charge is 2.28. The molecular formula is C27H30ClN3O6S2. The molecule has 1 fully saturated rings. The number of amides is 1. The summed E-state index contributed by atoms with van der Waals surface area (Å²) in [4.78, 5) is 13.0. The number of piperidine rings is 1. The van der Waals surface area contributed by atoms with E-state index in [2.05, 4.69) is 5.32 Å². The van der Waals surface area contributed by atoms with Crippen molar-refractivity contribution in [1.82, 2.24) is 9.62 Å². The number of carbonyl (C=O) groups is 1. The van der Waals surface area contributed by atoms with Gasteiger partial charge in [-0.3, -0.25) is 9.10 Å². The number of halogens is 1. The molecule has 3 aromatic rings. The molecule has 1 aliphatic rings. The summed E-state index contributed by atoms with van der Waals surface area (Å²) < 4.78 is 60.4. The van der Waals surface area contributed by atoms with E-state index < -0.39 is 32.5 Å². The Morgan fingerprint density at radius 1 is 0.872 bits per heavy atom. The first-order chi connectivity index (χ1) is 18.7. The maximum Gasteiger partial charge on any atom is 0.264 e. The number of nitrogens with zero attached hydrogens (tertiary/aromatic N) is 2. The van der Waals surface area contributed by atoms with E-state index in [1.165, 1.54) is 34.6 Å². The number of hydrogen-bond donors (Lipinski definition) is 1. The highest BCUT2D eigenvalue weighted by molar-refractivity contribution is 7.92. The summed E-state index contributed by atoms with van der Waals surface area (Å²) in [5.41, 5.74) is 0.261. The topological polar surface area (TPSA) is 113 Å². The molecule has 1 amide bonds. The molecule has 208 valence electrons. The van der Waals surface area contributed by atoms with E-state index in [4.69, 9.17) is 16.3 Å². The maximum atomic E-state index is 13.3. The van der Waals surface area contributed by atoms with Gasteiger partial charge in [0, 0.05) is 18.1 Å². The normalized spacial score (nSPS) is 14.5. The van der Waals surface area contributed by atoms with Crippen molar-refractivity contribution in [3.05, 3.63) is 83.9 Å². The van der Waals surface area contributed by atoms with E-state index in [1.54, 1.807) is 48.5 Å². The molecule has 0 unspecified atom stereocenters. The van der Waals surface area contributed by atoms with Gasteiger partial charge in [-0.1, -0.05) is 42.3 Å². The van der Waals surface area contributed by atoms with Crippen molar-refractivity contribution in [2.24, 2.45) is 0 Å². The Bertz CT molecular complexity index is 1480. The van der Waals surface area contributed by atoms with E-state index in [9.17, 15) is 21.6 Å². The quantitative estimate of drug-likeness (QED) is 0.338. The van der Waals surface area contributed by atoms with Crippen LogP contribution in [0.5, 0.6) is 5.75 Å². The Labute approximate surface area is 234 Å². The van der Waals surface area contributed by atoms with Crippen molar-refractivity contribution >= 4 is 43.2 Å². The van der Waals surface area contributed by atoms with Gasteiger partial charge in [-0.2, -0.15) is 4.31 Å². The molecule has 0 bridgehead atoms. The second kappa shape index (κ2) is 12.8. The predicted molar refractivity (Wildman–Crippen MR) is 150 cm³/mol. The van der Waals surface area contributed by atoms with Crippen LogP contribution in [0.4, 0.5) is 5.69 Å². The third-order valence-electron chi connectivity index (χ3n) is 6.18. The van der Waals surface area contributed by atoms with Crippen LogP contribution in [0.25, 0.3) is 0 Å². The molecule has 12 heteroatoms. The molecule has 0 saturated carbocycles. The van der Waals surface area contributed by atoms with E-state index in [0.717, 1.165) is 23.6 Å². The standard InChI is InChI=1S/C27H30ClN3O6S2/c28-22-8-7-9-23(20-22)31(39(35,36)25-10-3-1-4-11-25)21-27(32)29-16-19-37-24-12-14-26(15-13-24)38(33,34)30-17-5-2-6-18-30/h1,3-4,7-15,20H,2,5-6,16-19,21H2,(H,29,32). The lowest BCUT2D eigenvalue weighted by Crippen LogP contribution is -2.41. The zero-order valence-electron chi connectivity index (χ0n) is 21.2. The van der Waals surface area contributed by atoms with Gasteiger partial charge in [0.1, 0.15) is 18.9 Å². The van der Waals surface area contributed by atoms with E-state index in [1.807, 2.05) is 0 Å². The summed E-state index contributed by atoms with van der Waals surface area (Å²) in [6.07, 6.45) is 2.76. The van der Waals surface area contributed by atoms with Crippen LogP contribution >= 0.6 is 11.6 Å². The largest absolute Gasteiger partial charge is 0.492 e. The molecule has 3 aromatic carbocycles. The van der Waals surface area contributed by atoms with Crippen LogP contribution in [0.2, 0.25) is 5.02 Å². The molecule has 1 N–H and O–H groups in total. The predicted octanol–water partition coefficient (Wildman–Crippen LogP) is 3.91. The van der Waals surface area contributed by atoms with Crippen LogP contribution in [0, 0.1) is 0 Å². The van der Waals surface area contributed by atoms with Gasteiger partial charge in [0.2, 0.25) is 15.9 Å². The molecule has 1 heterocycles. The van der Waals surface area contributed by atoms with Crippen LogP contribution < -0.4 is 14.4 Å². The van der Waals surface area contributed by atoms with Crippen LogP contribution in [0.3, 0.4) is 0 Å². The van der Waals surface area contributed by atoms with E-state index in [0.29, 0.717) is 23.9 Å². The lowest BCUT2D eigenvalue weighted by Gasteiger charge is -2.25. The van der Waals surface area contributed by atoms with Crippen LogP contribution in [0.1, 0.15) is 19.3 Å². The number of ether oxygens (including phenoxy) is 1. The Balaban J connectivity index is 1.34. The molecule has 9 nitrogen and oxygen atoms in total. The van der Waals surface area contributed by atoms with Gasteiger partial charge in [-0.15, -0.1) is 0 Å². The zero-order valence-corrected chi connectivity index (χ0v) is 23.6. The molecule has 4 rings (SSSR count). The van der Waals surface area contributed by atoms with Crippen LogP contribution in [-0.2, 0) is 24.8 Å². The minimum atomic E-state index is -4.03. The Hall–Kier alpha value is -3.12. The van der Waals surface area contributed by atoms with Gasteiger partial charge in [0.15, 0.2) is 0 Å². The van der Waals surface area contributed by atoms with Gasteiger partial charge in [0.05, 0.1) is 22.0 Å². The van der Waals surface area contributed by atoms with Gasteiger partial charge in [-0.05, 0) is 67.4 Å². The number of carbonyl (C=O) groups excluding carboxylic acids is 1. The smallest absolute Gasteiger partial charge is 0.264 e. The Kier molecular flexibility index (Phi) is 9.49. The molecule has 1 saturated heterocycles. The fourth-order valence-electron chi connectivity index (χ4n) is 4.17. The fourth-order valence-corrected chi connectivity index (χ4v) is 7.31. The highest BCUT2D eigenvalue weighted by Crippen LogP contribution is 2.26. The number of rotatable bonds is 11. The monoisotopic (exact) mass is 591 g/mol. The number of nitrogens with one attached hydrogen (secondary N) is 1. The van der Waals surface area contributed by atoms with E-state index >= 15 is 0 Å². The lowest BCUT2D eigenvalue weighted by molar-refractivity contribution is -0.119. The van der Waals surface area contributed by atoms with Crippen molar-refractivity contribution in [3.63, 3.8) is 0 Å². The van der Waals surface area contributed by atoms with Crippen molar-refractivity contribution in [2.75, 3.05) is 37.1 Å². The van der Waals surface area contributed by atoms with Crippen molar-refractivity contribution in [2.45, 2.75) is 29.1 Å². The van der Waals surface area contributed by atoms with Crippen molar-refractivity contribution in [3.8, 4) is 5.75 Å². The number of sulfonamides is 2. The summed E-state index contributed by atoms with van der Waals surface area (Å²) in [5.74, 6) is -0.0740. The minimum Gasteiger partial charge on any atom is -0.492 e. The average molecular weight is 592 g/mol. The summed E-state index contributed by atoms with van der Waals surface area (Å²) in [7, 11) is -7.56. The third kappa shape index (κ3) is 7.30. The summed E-state index contributed by atoms with van der Waals surface area (Å²) >= 11 is 6.08. The summed E-state index contributed by atoms with van der Waals surface area (Å²) in [5, 5.41) is 3.00. The third-order valence-corrected chi connectivity index (χ3v) is 10.1. The SMILES string of the molecule is O=C(CN(c1cccc(Cl)c1)S(=O)(=O)c1ccccc1)NCCOc1ccc(S(=O)(=O)N2CCCCC2)cc1. The molecule has 0 aliphatic carbocycles. The Morgan fingerprint density at radius 2 is 1.56 bits per heavy atom. The highest BCUT2D eigenvalue weighted by atomic mass is 35.5. The lowest BCUT2D eigenvalue weighted by atomic mass is 10.2. The first kappa shape index (κ1) is 28.9. The molecule has 39 heavy (non-hydrogen) atoms. The van der Waals surface area contributed by atoms with E-state index in [-0.39, 0.29) is 28.6 Å². The van der Waals surface area contributed by atoms with Crippen molar-refractivity contribution in [1.29, 1.82) is 0 Å². The van der Waals surface area contributed by atoms with Gasteiger partial charge in [-0.25, -0.2) is 16.8 Å². The van der Waals surface area contributed by atoms with Gasteiger partial charge in [0.25, 0.3) is 10.0 Å². The average Bonchev–Trinajstić information content (AvgIpc) is 2.95. The van der Waals surface area contributed by atoms with Crippen LogP contribution in [0.15, 0.2) is 88.7 Å². The van der Waals surface area contributed by atoms with Gasteiger partial charge >= 0.3 is 0 Å². The van der Waals surface area contributed by atoms with Gasteiger partial charge < -0.3 is 10.1 Å².